The van der Waals surface area contributed by atoms with Crippen LogP contribution in [0.25, 0.3) is 0 Å². The van der Waals surface area contributed by atoms with Crippen LogP contribution in [0.3, 0.4) is 0 Å². The van der Waals surface area contributed by atoms with Crippen LogP contribution >= 0.6 is 35.6 Å². The van der Waals surface area contributed by atoms with E-state index >= 15 is 0 Å². The number of aromatic nitrogens is 1. The van der Waals surface area contributed by atoms with E-state index in [4.69, 9.17) is 42.1 Å². The largest absolute Gasteiger partial charge is 0.619 e. The van der Waals surface area contributed by atoms with E-state index in [-0.39, 0.29) is 46.9 Å². The number of ether oxygens (including phenoxy) is 5. The van der Waals surface area contributed by atoms with E-state index in [1.54, 1.807) is 12.1 Å². The molecule has 1 unspecified atom stereocenters. The van der Waals surface area contributed by atoms with Crippen LogP contribution in [0.15, 0.2) is 48.8 Å². The van der Waals surface area contributed by atoms with Gasteiger partial charge in [0.2, 0.25) is 0 Å². The SMILES string of the molecule is COc1ccc(CNCC(=O)OC(Cc2c(Cl)c[n+]([O-])cc2Cl)c2ccc(OC(F)F)c(OCC3CC3)c2)cc1OC.Cl. The smallest absolute Gasteiger partial charge is 0.387 e. The van der Waals surface area contributed by atoms with Gasteiger partial charge >= 0.3 is 12.6 Å². The van der Waals surface area contributed by atoms with Crippen LogP contribution in [0.2, 0.25) is 10.0 Å². The monoisotopic (exact) mass is 662 g/mol. The van der Waals surface area contributed by atoms with Crippen molar-refractivity contribution < 1.29 is 42.0 Å². The van der Waals surface area contributed by atoms with Crippen molar-refractivity contribution in [3.05, 3.63) is 80.7 Å². The summed E-state index contributed by atoms with van der Waals surface area (Å²) in [6, 6.07) is 9.69. The molecule has 2 aromatic carbocycles. The summed E-state index contributed by atoms with van der Waals surface area (Å²) >= 11 is 12.6. The molecular weight excluding hydrogens is 633 g/mol. The minimum Gasteiger partial charge on any atom is -0.619 e. The number of carbonyl (C=O) groups is 1. The van der Waals surface area contributed by atoms with E-state index in [0.717, 1.165) is 30.8 Å². The van der Waals surface area contributed by atoms with Gasteiger partial charge in [0.25, 0.3) is 0 Å². The Morgan fingerprint density at radius 2 is 1.70 bits per heavy atom. The minimum atomic E-state index is -3.05. The van der Waals surface area contributed by atoms with Crippen molar-refractivity contribution in [3.8, 4) is 23.0 Å². The molecule has 0 bridgehead atoms. The molecule has 0 saturated heterocycles. The van der Waals surface area contributed by atoms with E-state index in [1.165, 1.54) is 32.4 Å². The number of methoxy groups -OCH3 is 2. The van der Waals surface area contributed by atoms with E-state index < -0.39 is 18.7 Å². The lowest BCUT2D eigenvalue weighted by atomic mass is 10.0. The van der Waals surface area contributed by atoms with Crippen molar-refractivity contribution in [3.63, 3.8) is 0 Å². The third-order valence-corrected chi connectivity index (χ3v) is 7.15. The molecule has 9 nitrogen and oxygen atoms in total. The number of halogens is 5. The molecule has 1 atom stereocenters. The van der Waals surface area contributed by atoms with E-state index in [9.17, 15) is 18.8 Å². The Morgan fingerprint density at radius 1 is 1.02 bits per heavy atom. The Hall–Kier alpha value is -3.25. The molecule has 4 rings (SSSR count). The lowest BCUT2D eigenvalue weighted by Gasteiger charge is -2.21. The van der Waals surface area contributed by atoms with Crippen LogP contribution in [0.1, 0.15) is 35.6 Å². The highest BCUT2D eigenvalue weighted by Crippen LogP contribution is 2.38. The number of hydrogen-bond donors (Lipinski definition) is 1. The zero-order chi connectivity index (χ0) is 30.2. The van der Waals surface area contributed by atoms with Gasteiger partial charge in [-0.05, 0) is 54.2 Å². The van der Waals surface area contributed by atoms with Gasteiger partial charge in [0, 0.05) is 18.5 Å². The van der Waals surface area contributed by atoms with Gasteiger partial charge in [-0.15, -0.1) is 12.4 Å². The normalized spacial score (nSPS) is 13.2. The van der Waals surface area contributed by atoms with Crippen molar-refractivity contribution in [2.45, 2.75) is 38.5 Å². The molecule has 1 heterocycles. The molecule has 0 amide bonds. The predicted octanol–water partition coefficient (Wildman–Crippen LogP) is 6.07. The second-order valence-electron chi connectivity index (χ2n) is 9.61. The highest BCUT2D eigenvalue weighted by Gasteiger charge is 2.26. The maximum absolute atomic E-state index is 13.0. The average Bonchev–Trinajstić information content (AvgIpc) is 3.78. The fourth-order valence-electron chi connectivity index (χ4n) is 4.16. The number of carbonyl (C=O) groups excluding carboxylic acids is 1. The first-order valence-corrected chi connectivity index (χ1v) is 13.8. The third kappa shape index (κ3) is 9.89. The summed E-state index contributed by atoms with van der Waals surface area (Å²) in [4.78, 5) is 13.0. The number of hydrogen-bond acceptors (Lipinski definition) is 8. The predicted molar refractivity (Wildman–Crippen MR) is 158 cm³/mol. The number of nitrogens with zero attached hydrogens (tertiary/aromatic N) is 1. The Morgan fingerprint density at radius 3 is 2.33 bits per heavy atom. The minimum absolute atomic E-state index is 0. The molecule has 0 aliphatic heterocycles. The molecular formula is C29H31Cl3F2N2O7. The standard InChI is InChI=1S/C29H30Cl2F2N2O7.ClH/c1-38-23-7-5-18(9-26(23)39-2)12-34-13-28(36)41-25(11-20-21(30)14-35(37)15-22(20)31)19-6-8-24(42-29(32)33)27(10-19)40-16-17-3-4-17;/h5-10,14-15,17,25,29,34H,3-4,11-13,16H2,1-2H3;1H. The van der Waals surface area contributed by atoms with Gasteiger partial charge < -0.3 is 34.2 Å². The quantitative estimate of drug-likeness (QED) is 0.119. The lowest BCUT2D eigenvalue weighted by Crippen LogP contribution is -2.27. The van der Waals surface area contributed by atoms with Crippen molar-refractivity contribution in [2.24, 2.45) is 5.92 Å². The fraction of sp³-hybridized carbons (Fsp3) is 0.379. The summed E-state index contributed by atoms with van der Waals surface area (Å²) < 4.78 is 53.4. The Labute approximate surface area is 263 Å². The maximum atomic E-state index is 13.0. The van der Waals surface area contributed by atoms with Gasteiger partial charge in [-0.3, -0.25) is 4.79 Å². The first-order valence-electron chi connectivity index (χ1n) is 13.1. The number of rotatable bonds is 15. The summed E-state index contributed by atoms with van der Waals surface area (Å²) in [5.74, 6) is 0.827. The number of nitrogens with one attached hydrogen (secondary N) is 1. The van der Waals surface area contributed by atoms with Crippen molar-refractivity contribution in [1.29, 1.82) is 0 Å². The molecule has 1 N–H and O–H groups in total. The van der Waals surface area contributed by atoms with Crippen LogP contribution in [0.4, 0.5) is 8.78 Å². The van der Waals surface area contributed by atoms with Gasteiger partial charge in [0.05, 0.1) is 27.4 Å². The Kier molecular flexibility index (Phi) is 12.7. The number of pyridine rings is 1. The molecule has 3 aromatic rings. The van der Waals surface area contributed by atoms with Crippen LogP contribution in [0, 0.1) is 11.1 Å². The highest BCUT2D eigenvalue weighted by molar-refractivity contribution is 6.35. The molecule has 43 heavy (non-hydrogen) atoms. The van der Waals surface area contributed by atoms with Crippen LogP contribution in [-0.4, -0.2) is 40.0 Å². The van der Waals surface area contributed by atoms with E-state index in [0.29, 0.717) is 46.4 Å². The highest BCUT2D eigenvalue weighted by atomic mass is 35.5. The average molecular weight is 664 g/mol. The summed E-state index contributed by atoms with van der Waals surface area (Å²) in [6.07, 6.45) is 3.29. The maximum Gasteiger partial charge on any atom is 0.387 e. The lowest BCUT2D eigenvalue weighted by molar-refractivity contribution is -0.605. The second-order valence-corrected chi connectivity index (χ2v) is 10.4. The molecule has 234 valence electrons. The molecule has 1 fully saturated rings. The van der Waals surface area contributed by atoms with Gasteiger partial charge in [-0.25, -0.2) is 0 Å². The van der Waals surface area contributed by atoms with Crippen molar-refractivity contribution >= 4 is 41.6 Å². The first-order chi connectivity index (χ1) is 20.2. The summed E-state index contributed by atoms with van der Waals surface area (Å²) in [7, 11) is 3.07. The summed E-state index contributed by atoms with van der Waals surface area (Å²) in [5.41, 5.74) is 1.65. The summed E-state index contributed by atoms with van der Waals surface area (Å²) in [5, 5.41) is 14.9. The molecule has 1 aliphatic carbocycles. The van der Waals surface area contributed by atoms with Crippen LogP contribution in [0.5, 0.6) is 23.0 Å². The number of esters is 1. The van der Waals surface area contributed by atoms with Crippen LogP contribution < -0.4 is 29.0 Å². The molecule has 1 aliphatic rings. The van der Waals surface area contributed by atoms with Gasteiger partial charge in [-0.2, -0.15) is 13.5 Å². The molecule has 1 saturated carbocycles. The van der Waals surface area contributed by atoms with E-state index in [2.05, 4.69) is 10.1 Å². The van der Waals surface area contributed by atoms with Gasteiger partial charge in [-0.1, -0.05) is 35.3 Å². The van der Waals surface area contributed by atoms with Gasteiger partial charge in [0.15, 0.2) is 35.4 Å². The number of benzene rings is 2. The van der Waals surface area contributed by atoms with Crippen molar-refractivity contribution in [2.75, 3.05) is 27.4 Å². The topological polar surface area (TPSA) is 102 Å². The second kappa shape index (κ2) is 16.0. The molecule has 1 aromatic heterocycles. The third-order valence-electron chi connectivity index (χ3n) is 6.49. The molecule has 0 spiro atoms. The van der Waals surface area contributed by atoms with Gasteiger partial charge in [0.1, 0.15) is 16.1 Å². The van der Waals surface area contributed by atoms with Crippen LogP contribution in [-0.2, 0) is 22.5 Å². The zero-order valence-electron chi connectivity index (χ0n) is 23.3. The zero-order valence-corrected chi connectivity index (χ0v) is 25.6. The summed E-state index contributed by atoms with van der Waals surface area (Å²) in [6.45, 7) is -2.53. The molecule has 0 radical (unpaired) electrons. The fourth-order valence-corrected chi connectivity index (χ4v) is 4.76. The number of alkyl halides is 2. The molecule has 14 heteroatoms. The van der Waals surface area contributed by atoms with Crippen molar-refractivity contribution in [1.82, 2.24) is 5.32 Å². The van der Waals surface area contributed by atoms with E-state index in [1.807, 2.05) is 6.07 Å². The Balaban J connectivity index is 0.00000506. The first kappa shape index (κ1) is 34.2. The Bertz CT molecular complexity index is 1370.